The summed E-state index contributed by atoms with van der Waals surface area (Å²) < 4.78 is 0. The van der Waals surface area contributed by atoms with Crippen LogP contribution in [0.1, 0.15) is 12.0 Å². The van der Waals surface area contributed by atoms with Crippen molar-refractivity contribution in [2.24, 2.45) is 0 Å². The molecule has 0 spiro atoms. The lowest BCUT2D eigenvalue weighted by atomic mass is 10.2. The second-order valence-corrected chi connectivity index (χ2v) is 3.88. The summed E-state index contributed by atoms with van der Waals surface area (Å²) in [6.07, 6.45) is -1.13. The Morgan fingerprint density at radius 3 is 2.75 bits per heavy atom. The van der Waals surface area contributed by atoms with Crippen LogP contribution < -0.4 is 5.32 Å². The number of carboxylic acids is 1. The second kappa shape index (κ2) is 6.48. The molecule has 0 saturated heterocycles. The lowest BCUT2D eigenvalue weighted by Gasteiger charge is -2.10. The second-order valence-electron chi connectivity index (χ2n) is 3.47. The summed E-state index contributed by atoms with van der Waals surface area (Å²) in [5.74, 6) is -1.01. The third kappa shape index (κ3) is 4.61. The van der Waals surface area contributed by atoms with Crippen LogP contribution in [-0.4, -0.2) is 28.8 Å². The Morgan fingerprint density at radius 1 is 1.44 bits per heavy atom. The molecule has 4 nitrogen and oxygen atoms in total. The van der Waals surface area contributed by atoms with Crippen molar-refractivity contribution in [3.8, 4) is 0 Å². The maximum Gasteiger partial charge on any atom is 0.306 e. The zero-order chi connectivity index (χ0) is 12.0. The van der Waals surface area contributed by atoms with Crippen LogP contribution in [0.4, 0.5) is 0 Å². The van der Waals surface area contributed by atoms with E-state index in [0.717, 1.165) is 5.56 Å². The lowest BCUT2D eigenvalue weighted by Crippen LogP contribution is -2.28. The molecule has 0 aliphatic carbocycles. The maximum atomic E-state index is 10.3. The molecule has 0 fully saturated rings. The summed E-state index contributed by atoms with van der Waals surface area (Å²) >= 11 is 5.93. The van der Waals surface area contributed by atoms with E-state index in [9.17, 15) is 9.90 Å². The van der Waals surface area contributed by atoms with Crippen molar-refractivity contribution in [3.63, 3.8) is 0 Å². The molecule has 1 aromatic carbocycles. The first-order valence-corrected chi connectivity index (χ1v) is 5.31. The number of rotatable bonds is 6. The van der Waals surface area contributed by atoms with E-state index in [2.05, 4.69) is 5.32 Å². The van der Waals surface area contributed by atoms with Crippen LogP contribution in [0.3, 0.4) is 0 Å². The predicted octanol–water partition coefficient (Wildman–Crippen LogP) is 1.27. The third-order valence-electron chi connectivity index (χ3n) is 2.06. The van der Waals surface area contributed by atoms with E-state index < -0.39 is 12.1 Å². The highest BCUT2D eigenvalue weighted by Crippen LogP contribution is 2.14. The molecule has 1 aromatic rings. The molecule has 0 radical (unpaired) electrons. The molecule has 16 heavy (non-hydrogen) atoms. The van der Waals surface area contributed by atoms with Crippen molar-refractivity contribution in [1.29, 1.82) is 0 Å². The number of nitrogens with one attached hydrogen (secondary N) is 1. The van der Waals surface area contributed by atoms with E-state index in [1.54, 1.807) is 6.07 Å². The Kier molecular flexibility index (Phi) is 5.25. The standard InChI is InChI=1S/C11H14ClNO3/c12-10-4-2-1-3-8(10)6-13-7-9(14)5-11(15)16/h1-4,9,13-14H,5-7H2,(H,15,16). The van der Waals surface area contributed by atoms with Gasteiger partial charge in [0.1, 0.15) is 0 Å². The van der Waals surface area contributed by atoms with Gasteiger partial charge in [-0.25, -0.2) is 0 Å². The molecule has 0 amide bonds. The summed E-state index contributed by atoms with van der Waals surface area (Å²) in [7, 11) is 0. The van der Waals surface area contributed by atoms with Crippen molar-refractivity contribution in [2.75, 3.05) is 6.54 Å². The minimum atomic E-state index is -1.01. The van der Waals surface area contributed by atoms with Crippen LogP contribution in [0.25, 0.3) is 0 Å². The Morgan fingerprint density at radius 2 is 2.12 bits per heavy atom. The molecule has 0 saturated carbocycles. The summed E-state index contributed by atoms with van der Waals surface area (Å²) in [6, 6.07) is 7.37. The van der Waals surface area contributed by atoms with Gasteiger partial charge in [-0.15, -0.1) is 0 Å². The van der Waals surface area contributed by atoms with Gasteiger partial charge in [0.15, 0.2) is 0 Å². The van der Waals surface area contributed by atoms with Gasteiger partial charge >= 0.3 is 5.97 Å². The number of aliphatic carboxylic acids is 1. The quantitative estimate of drug-likeness (QED) is 0.704. The zero-order valence-electron chi connectivity index (χ0n) is 8.69. The first-order chi connectivity index (χ1) is 7.59. The van der Waals surface area contributed by atoms with Crippen molar-refractivity contribution in [1.82, 2.24) is 5.32 Å². The third-order valence-corrected chi connectivity index (χ3v) is 2.43. The van der Waals surface area contributed by atoms with Gasteiger partial charge in [0.05, 0.1) is 12.5 Å². The van der Waals surface area contributed by atoms with Gasteiger partial charge in [-0.05, 0) is 11.6 Å². The van der Waals surface area contributed by atoms with Crippen molar-refractivity contribution in [2.45, 2.75) is 19.1 Å². The van der Waals surface area contributed by atoms with Gasteiger partial charge in [0, 0.05) is 18.1 Å². The average Bonchev–Trinajstić information content (AvgIpc) is 2.19. The van der Waals surface area contributed by atoms with Gasteiger partial charge in [-0.2, -0.15) is 0 Å². The van der Waals surface area contributed by atoms with E-state index in [1.807, 2.05) is 18.2 Å². The van der Waals surface area contributed by atoms with E-state index in [0.29, 0.717) is 11.6 Å². The molecule has 0 aliphatic rings. The predicted molar refractivity (Wildman–Crippen MR) is 61.4 cm³/mol. The van der Waals surface area contributed by atoms with Gasteiger partial charge in [-0.3, -0.25) is 4.79 Å². The number of aliphatic hydroxyl groups is 1. The minimum Gasteiger partial charge on any atom is -0.481 e. The molecule has 1 unspecified atom stereocenters. The fraction of sp³-hybridized carbons (Fsp3) is 0.364. The number of carbonyl (C=O) groups is 1. The Bertz CT molecular complexity index is 357. The van der Waals surface area contributed by atoms with Crippen LogP contribution in [0.2, 0.25) is 5.02 Å². The number of benzene rings is 1. The molecule has 0 aromatic heterocycles. The molecular weight excluding hydrogens is 230 g/mol. The fourth-order valence-corrected chi connectivity index (χ4v) is 1.49. The van der Waals surface area contributed by atoms with Crippen LogP contribution in [0, 0.1) is 0 Å². The Hall–Kier alpha value is -1.10. The molecule has 1 rings (SSSR count). The summed E-state index contributed by atoms with van der Waals surface area (Å²) in [5.41, 5.74) is 0.923. The molecule has 88 valence electrons. The normalized spacial score (nSPS) is 12.4. The smallest absolute Gasteiger partial charge is 0.306 e. The molecule has 5 heteroatoms. The SMILES string of the molecule is O=C(O)CC(O)CNCc1ccccc1Cl. The highest BCUT2D eigenvalue weighted by Gasteiger charge is 2.08. The van der Waals surface area contributed by atoms with Crippen molar-refractivity contribution >= 4 is 17.6 Å². The average molecular weight is 244 g/mol. The van der Waals surface area contributed by atoms with Gasteiger partial charge in [0.2, 0.25) is 0 Å². The van der Waals surface area contributed by atoms with Crippen molar-refractivity contribution < 1.29 is 15.0 Å². The summed E-state index contributed by atoms with van der Waals surface area (Å²) in [6.45, 7) is 0.744. The van der Waals surface area contributed by atoms with E-state index in [1.165, 1.54) is 0 Å². The molecule has 0 bridgehead atoms. The zero-order valence-corrected chi connectivity index (χ0v) is 9.44. The molecule has 0 heterocycles. The van der Waals surface area contributed by atoms with Crippen LogP contribution in [0.5, 0.6) is 0 Å². The van der Waals surface area contributed by atoms with Crippen LogP contribution in [0.15, 0.2) is 24.3 Å². The molecular formula is C11H14ClNO3. The first kappa shape index (κ1) is 13.0. The van der Waals surface area contributed by atoms with Crippen LogP contribution >= 0.6 is 11.6 Å². The van der Waals surface area contributed by atoms with Gasteiger partial charge < -0.3 is 15.5 Å². The van der Waals surface area contributed by atoms with Crippen LogP contribution in [-0.2, 0) is 11.3 Å². The lowest BCUT2D eigenvalue weighted by molar-refractivity contribution is -0.139. The monoisotopic (exact) mass is 243 g/mol. The van der Waals surface area contributed by atoms with E-state index in [4.69, 9.17) is 16.7 Å². The largest absolute Gasteiger partial charge is 0.481 e. The summed E-state index contributed by atoms with van der Waals surface area (Å²) in [4.78, 5) is 10.3. The number of aliphatic hydroxyl groups excluding tert-OH is 1. The number of carboxylic acid groups (broad SMARTS) is 1. The summed E-state index contributed by atoms with van der Waals surface area (Å²) in [5, 5.41) is 21.3. The van der Waals surface area contributed by atoms with E-state index >= 15 is 0 Å². The van der Waals surface area contributed by atoms with Gasteiger partial charge in [0.25, 0.3) is 0 Å². The minimum absolute atomic E-state index is 0.234. The molecule has 3 N–H and O–H groups in total. The molecule has 0 aliphatic heterocycles. The van der Waals surface area contributed by atoms with Crippen molar-refractivity contribution in [3.05, 3.63) is 34.9 Å². The van der Waals surface area contributed by atoms with Gasteiger partial charge in [-0.1, -0.05) is 29.8 Å². The topological polar surface area (TPSA) is 69.6 Å². The number of hydrogen-bond acceptors (Lipinski definition) is 3. The number of halogens is 1. The molecule has 1 atom stereocenters. The van der Waals surface area contributed by atoms with E-state index in [-0.39, 0.29) is 13.0 Å². The fourth-order valence-electron chi connectivity index (χ4n) is 1.29. The highest BCUT2D eigenvalue weighted by molar-refractivity contribution is 6.31. The maximum absolute atomic E-state index is 10.3. The number of hydrogen-bond donors (Lipinski definition) is 3. The Balaban J connectivity index is 2.30. The first-order valence-electron chi connectivity index (χ1n) is 4.93. The Labute approximate surface area is 98.9 Å². The highest BCUT2D eigenvalue weighted by atomic mass is 35.5.